The molecule has 0 aliphatic carbocycles. The third-order valence-corrected chi connectivity index (χ3v) is 6.84. The fourth-order valence-corrected chi connectivity index (χ4v) is 6.18. The van der Waals surface area contributed by atoms with Gasteiger partial charge >= 0.3 is 139 Å². The Labute approximate surface area is 139 Å². The van der Waals surface area contributed by atoms with Crippen LogP contribution in [0.2, 0.25) is 0 Å². The zero-order valence-corrected chi connectivity index (χ0v) is 14.3. The van der Waals surface area contributed by atoms with Crippen molar-refractivity contribution in [1.82, 2.24) is 0 Å². The Morgan fingerprint density at radius 3 is 1.57 bits per heavy atom. The van der Waals surface area contributed by atoms with Crippen molar-refractivity contribution in [2.75, 3.05) is 0 Å². The molecular formula is C21H15P2+. The van der Waals surface area contributed by atoms with E-state index in [2.05, 4.69) is 91.0 Å². The van der Waals surface area contributed by atoms with Crippen molar-refractivity contribution in [3.05, 3.63) is 108 Å². The molecule has 1 aliphatic rings. The molecule has 1 aliphatic heterocycles. The molecule has 0 unspecified atom stereocenters. The second-order valence-corrected chi connectivity index (χ2v) is 7.86. The van der Waals surface area contributed by atoms with Crippen molar-refractivity contribution >= 4 is 31.5 Å². The van der Waals surface area contributed by atoms with Crippen LogP contribution in [0.3, 0.4) is 0 Å². The Bertz CT molecular complexity index is 917. The van der Waals surface area contributed by atoms with Crippen molar-refractivity contribution in [2.24, 2.45) is 0 Å². The molecule has 0 fully saturated rings. The summed E-state index contributed by atoms with van der Waals surface area (Å²) in [5.74, 6) is 0. The average molecular weight is 329 g/mol. The van der Waals surface area contributed by atoms with Crippen molar-refractivity contribution in [3.8, 4) is 0 Å². The van der Waals surface area contributed by atoms with E-state index >= 15 is 0 Å². The second kappa shape index (κ2) is 6.63. The molecule has 0 aromatic heterocycles. The van der Waals surface area contributed by atoms with Crippen LogP contribution in [0.25, 0.3) is 10.9 Å². The number of rotatable bonds is 3. The number of allylic oxidation sites excluding steroid dienone is 1. The summed E-state index contributed by atoms with van der Waals surface area (Å²) < 4.78 is 0. The van der Waals surface area contributed by atoms with Gasteiger partial charge < -0.3 is 0 Å². The van der Waals surface area contributed by atoms with Gasteiger partial charge in [0.05, 0.1) is 0 Å². The van der Waals surface area contributed by atoms with E-state index in [1.54, 1.807) is 0 Å². The summed E-state index contributed by atoms with van der Waals surface area (Å²) in [5.41, 5.74) is 5.35. The van der Waals surface area contributed by atoms with Gasteiger partial charge in [-0.15, -0.1) is 0 Å². The standard InChI is InChI=1S/C21H15P2/c1-4-10-16(11-5-1)19-20(17-12-6-2-7-13-17)22-23-21(19)18-14-8-3-9-15-18/h1-15H/q+1. The van der Waals surface area contributed by atoms with Crippen LogP contribution in [0.4, 0.5) is 0 Å². The van der Waals surface area contributed by atoms with Gasteiger partial charge in [-0.25, -0.2) is 0 Å². The fraction of sp³-hybridized carbons (Fsp3) is 0. The van der Waals surface area contributed by atoms with Crippen LogP contribution in [-0.2, 0) is 0 Å². The van der Waals surface area contributed by atoms with Crippen LogP contribution in [0, 0.1) is 0 Å². The third-order valence-electron chi connectivity index (χ3n) is 3.88. The molecule has 3 aromatic carbocycles. The Kier molecular flexibility index (Phi) is 4.20. The molecule has 0 saturated heterocycles. The topological polar surface area (TPSA) is 0 Å². The first kappa shape index (κ1) is 14.6. The molecule has 4 rings (SSSR count). The first-order chi connectivity index (χ1) is 11.4. The van der Waals surface area contributed by atoms with E-state index in [0.717, 1.165) is 0 Å². The second-order valence-electron chi connectivity index (χ2n) is 5.37. The van der Waals surface area contributed by atoms with Gasteiger partial charge in [0.1, 0.15) is 0 Å². The van der Waals surface area contributed by atoms with E-state index in [4.69, 9.17) is 0 Å². The van der Waals surface area contributed by atoms with Crippen LogP contribution >= 0.6 is 15.4 Å². The van der Waals surface area contributed by atoms with Crippen LogP contribution in [0.15, 0.2) is 91.0 Å². The molecule has 0 atom stereocenters. The summed E-state index contributed by atoms with van der Waals surface area (Å²) in [4.78, 5) is 0. The molecule has 0 nitrogen and oxygen atoms in total. The van der Waals surface area contributed by atoms with Crippen LogP contribution in [0.1, 0.15) is 16.7 Å². The molecule has 3 aromatic rings. The summed E-state index contributed by atoms with van der Waals surface area (Å²) in [6.07, 6.45) is 0. The van der Waals surface area contributed by atoms with Gasteiger partial charge in [0.25, 0.3) is 0 Å². The summed E-state index contributed by atoms with van der Waals surface area (Å²) in [6.45, 7) is 0. The van der Waals surface area contributed by atoms with E-state index in [1.807, 2.05) is 0 Å². The molecule has 2 heteroatoms. The van der Waals surface area contributed by atoms with E-state index in [1.165, 1.54) is 48.2 Å². The molecule has 0 radical (unpaired) electrons. The fourth-order valence-electron chi connectivity index (χ4n) is 2.79. The summed E-state index contributed by atoms with van der Waals surface area (Å²) in [5, 5.41) is 2.86. The molecule has 108 valence electrons. The molecule has 0 bridgehead atoms. The Balaban J connectivity index is 1.93. The van der Waals surface area contributed by atoms with E-state index < -0.39 is 0 Å². The molecule has 0 spiro atoms. The van der Waals surface area contributed by atoms with Crippen molar-refractivity contribution in [1.29, 1.82) is 0 Å². The Morgan fingerprint density at radius 1 is 0.522 bits per heavy atom. The van der Waals surface area contributed by atoms with Crippen LogP contribution < -0.4 is 0 Å². The summed E-state index contributed by atoms with van der Waals surface area (Å²) >= 11 is 0. The maximum absolute atomic E-state index is 2.22. The minimum absolute atomic E-state index is 1.31. The first-order valence-corrected chi connectivity index (χ1v) is 10.1. The van der Waals surface area contributed by atoms with Crippen molar-refractivity contribution in [3.63, 3.8) is 0 Å². The maximum atomic E-state index is 2.22. The molecular weight excluding hydrogens is 314 g/mol. The van der Waals surface area contributed by atoms with Crippen molar-refractivity contribution < 1.29 is 0 Å². The molecule has 0 saturated carbocycles. The van der Waals surface area contributed by atoms with Gasteiger partial charge in [-0.3, -0.25) is 0 Å². The molecule has 0 amide bonds. The van der Waals surface area contributed by atoms with E-state index in [9.17, 15) is 0 Å². The zero-order chi connectivity index (χ0) is 15.5. The van der Waals surface area contributed by atoms with Crippen LogP contribution in [-0.4, -0.2) is 5.29 Å². The monoisotopic (exact) mass is 329 g/mol. The predicted molar refractivity (Wildman–Crippen MR) is 104 cm³/mol. The molecule has 23 heavy (non-hydrogen) atoms. The van der Waals surface area contributed by atoms with Gasteiger partial charge in [0.15, 0.2) is 0 Å². The minimum atomic E-state index is 1.31. The van der Waals surface area contributed by atoms with Gasteiger partial charge in [0.2, 0.25) is 0 Å². The quantitative estimate of drug-likeness (QED) is 0.475. The Hall–Kier alpha value is -2.00. The van der Waals surface area contributed by atoms with Crippen molar-refractivity contribution in [2.45, 2.75) is 0 Å². The normalized spacial score (nSPS) is 14.3. The van der Waals surface area contributed by atoms with E-state index in [-0.39, 0.29) is 0 Å². The third kappa shape index (κ3) is 2.93. The molecule has 1 heterocycles. The Morgan fingerprint density at radius 2 is 1.00 bits per heavy atom. The number of hydrogen-bond donors (Lipinski definition) is 0. The van der Waals surface area contributed by atoms with Gasteiger partial charge in [-0.2, -0.15) is 0 Å². The first-order valence-electron chi connectivity index (χ1n) is 7.63. The van der Waals surface area contributed by atoms with Gasteiger partial charge in [0, 0.05) is 0 Å². The van der Waals surface area contributed by atoms with Crippen LogP contribution in [0.5, 0.6) is 0 Å². The van der Waals surface area contributed by atoms with Gasteiger partial charge in [-0.05, 0) is 0 Å². The van der Waals surface area contributed by atoms with E-state index in [0.29, 0.717) is 0 Å². The molecule has 0 N–H and O–H groups in total. The average Bonchev–Trinajstić information content (AvgIpc) is 3.09. The zero-order valence-electron chi connectivity index (χ0n) is 12.6. The predicted octanol–water partition coefficient (Wildman–Crippen LogP) is 6.60. The summed E-state index contributed by atoms with van der Waals surface area (Å²) in [7, 11) is 2.72. The SMILES string of the molecule is c1ccc(C2=[P+]=PC(c3ccccc3)=C2c2ccccc2)cc1. The number of benzene rings is 3. The number of hydrogen-bond acceptors (Lipinski definition) is 0. The van der Waals surface area contributed by atoms with Gasteiger partial charge in [-0.1, -0.05) is 0 Å². The summed E-state index contributed by atoms with van der Waals surface area (Å²) in [6, 6.07) is 32.3.